The summed E-state index contributed by atoms with van der Waals surface area (Å²) in [7, 11) is 0. The number of carbonyl (C=O) groups excluding carboxylic acids is 2. The van der Waals surface area contributed by atoms with E-state index in [2.05, 4.69) is 4.98 Å². The first-order chi connectivity index (χ1) is 18.3. The van der Waals surface area contributed by atoms with Crippen molar-refractivity contribution >= 4 is 40.9 Å². The molecule has 0 unspecified atom stereocenters. The molecule has 2 aromatic carbocycles. The van der Waals surface area contributed by atoms with Crippen LogP contribution in [0.5, 0.6) is 11.5 Å². The van der Waals surface area contributed by atoms with E-state index in [4.69, 9.17) is 4.74 Å². The Hall–Kier alpha value is -3.37. The summed E-state index contributed by atoms with van der Waals surface area (Å²) in [5.41, 5.74) is 1.00. The van der Waals surface area contributed by atoms with Crippen LogP contribution in [0.4, 0.5) is 0 Å². The third-order valence-electron chi connectivity index (χ3n) is 8.70. The van der Waals surface area contributed by atoms with Gasteiger partial charge in [-0.05, 0) is 60.9 Å². The molecular weight excluding hydrogens is 524 g/mol. The summed E-state index contributed by atoms with van der Waals surface area (Å²) in [6.07, 6.45) is 0.750. The summed E-state index contributed by atoms with van der Waals surface area (Å²) in [5, 5.41) is 10.4. The van der Waals surface area contributed by atoms with Crippen LogP contribution in [0.1, 0.15) is 29.7 Å². The van der Waals surface area contributed by atoms with Crippen LogP contribution in [0.3, 0.4) is 0 Å². The number of carbonyl (C=O) groups is 3. The number of aromatic nitrogens is 1. The number of likely N-dealkylation sites (tertiary alicyclic amines) is 1. The van der Waals surface area contributed by atoms with E-state index in [0.29, 0.717) is 5.75 Å². The predicted molar refractivity (Wildman–Crippen MR) is 140 cm³/mol. The van der Waals surface area contributed by atoms with E-state index in [9.17, 15) is 24.3 Å². The normalized spacial score (nSPS) is 31.6. The molecule has 0 spiro atoms. The number of fused-ring (bicyclic) bond motifs is 9. The predicted octanol–water partition coefficient (Wildman–Crippen LogP) is 4.18. The van der Waals surface area contributed by atoms with Crippen LogP contribution < -0.4 is 9.61 Å². The molecule has 2 bridgehead atoms. The lowest BCUT2D eigenvalue weighted by atomic mass is 9.68. The average Bonchev–Trinajstić information content (AvgIpc) is 3.63. The van der Waals surface area contributed by atoms with E-state index in [0.717, 1.165) is 32.5 Å². The molecule has 8 atom stereocenters. The summed E-state index contributed by atoms with van der Waals surface area (Å²) in [5.74, 6) is -1.73. The van der Waals surface area contributed by atoms with Crippen LogP contribution in [0.25, 0.3) is 0 Å². The first-order valence-electron chi connectivity index (χ1n) is 12.7. The molecule has 2 amide bonds. The minimum Gasteiger partial charge on any atom is -0.480 e. The van der Waals surface area contributed by atoms with E-state index in [1.807, 2.05) is 54.6 Å². The number of benzene rings is 2. The Labute approximate surface area is 226 Å². The maximum atomic E-state index is 13.5. The zero-order chi connectivity index (χ0) is 26.3. The lowest BCUT2D eigenvalue weighted by Gasteiger charge is -2.43. The van der Waals surface area contributed by atoms with Gasteiger partial charge in [0.15, 0.2) is 0 Å². The van der Waals surface area contributed by atoms with E-state index in [-0.39, 0.29) is 45.6 Å². The Bertz CT molecular complexity index is 1530. The van der Waals surface area contributed by atoms with Gasteiger partial charge in [-0.3, -0.25) is 19.3 Å². The van der Waals surface area contributed by atoms with Gasteiger partial charge < -0.3 is 14.8 Å². The van der Waals surface area contributed by atoms with E-state index >= 15 is 0 Å². The first kappa shape index (κ1) is 23.7. The molecule has 2 aliphatic carbocycles. The fraction of sp³-hybridized carbons (Fsp3) is 0.357. The standard InChI is InChI=1S/C28H24N2O6S2/c1-12(27(33)34)30-25(31)20-16-11-17(21(20)26(30)32)22-19(16)18(23-24(37-22)29-28(35)38-23)13-6-5-9-15(10-13)36-14-7-3-2-4-8-14/h2-10,12,16-22H,11H2,1H3,(H,29,35)(H,33,34)/t12-,16-,17-,18+,19-,20+,21-,22+/m1/s1. The van der Waals surface area contributed by atoms with Crippen LogP contribution in [0.2, 0.25) is 0 Å². The van der Waals surface area contributed by atoms with Gasteiger partial charge in [0.25, 0.3) is 0 Å². The van der Waals surface area contributed by atoms with Gasteiger partial charge in [0, 0.05) is 16.0 Å². The second kappa shape index (κ2) is 8.57. The van der Waals surface area contributed by atoms with Gasteiger partial charge in [0.05, 0.1) is 16.9 Å². The largest absolute Gasteiger partial charge is 0.480 e. The molecule has 2 aliphatic heterocycles. The molecule has 1 aromatic heterocycles. The first-order valence-corrected chi connectivity index (χ1v) is 14.4. The molecule has 8 nitrogen and oxygen atoms in total. The number of thiazole rings is 1. The molecule has 3 aromatic rings. The number of carboxylic acid groups (broad SMARTS) is 1. The second-order valence-electron chi connectivity index (χ2n) is 10.5. The van der Waals surface area contributed by atoms with Crippen molar-refractivity contribution in [3.63, 3.8) is 0 Å². The molecule has 1 saturated heterocycles. The number of nitrogens with zero attached hydrogens (tertiary/aromatic N) is 1. The van der Waals surface area contributed by atoms with Crippen molar-refractivity contribution in [1.82, 2.24) is 9.88 Å². The number of para-hydroxylation sites is 1. The maximum Gasteiger partial charge on any atom is 0.326 e. The van der Waals surface area contributed by atoms with Crippen LogP contribution >= 0.6 is 23.1 Å². The summed E-state index contributed by atoms with van der Waals surface area (Å²) in [6.45, 7) is 1.40. The average molecular weight is 549 g/mol. The molecule has 7 rings (SSSR count). The summed E-state index contributed by atoms with van der Waals surface area (Å²) >= 11 is 2.81. The van der Waals surface area contributed by atoms with E-state index in [1.54, 1.807) is 11.8 Å². The summed E-state index contributed by atoms with van der Waals surface area (Å²) < 4.78 is 6.11. The van der Waals surface area contributed by atoms with Gasteiger partial charge in [-0.25, -0.2) is 4.79 Å². The van der Waals surface area contributed by atoms with Gasteiger partial charge in [0.1, 0.15) is 17.5 Å². The van der Waals surface area contributed by atoms with Crippen LogP contribution in [-0.2, 0) is 14.4 Å². The number of nitrogens with one attached hydrogen (secondary N) is 1. The number of H-pyrrole nitrogens is 1. The molecule has 2 N–H and O–H groups in total. The molecule has 4 aliphatic rings. The van der Waals surface area contributed by atoms with E-state index < -0.39 is 23.8 Å². The quantitative estimate of drug-likeness (QED) is 0.460. The van der Waals surface area contributed by atoms with Crippen molar-refractivity contribution in [3.8, 4) is 11.5 Å². The fourth-order valence-electron chi connectivity index (χ4n) is 7.30. The Balaban J connectivity index is 1.29. The van der Waals surface area contributed by atoms with Crippen LogP contribution in [0, 0.1) is 29.6 Å². The van der Waals surface area contributed by atoms with Crippen LogP contribution in [0.15, 0.2) is 64.4 Å². The van der Waals surface area contributed by atoms with Crippen LogP contribution in [-0.4, -0.2) is 44.1 Å². The monoisotopic (exact) mass is 548 g/mol. The summed E-state index contributed by atoms with van der Waals surface area (Å²) in [6, 6.07) is 16.2. The lowest BCUT2D eigenvalue weighted by Crippen LogP contribution is -2.44. The molecule has 2 saturated carbocycles. The van der Waals surface area contributed by atoms with Crippen molar-refractivity contribution in [2.24, 2.45) is 29.6 Å². The van der Waals surface area contributed by atoms with Gasteiger partial charge >= 0.3 is 10.8 Å². The Morgan fingerprint density at radius 3 is 2.47 bits per heavy atom. The second-order valence-corrected chi connectivity index (χ2v) is 12.7. The maximum absolute atomic E-state index is 13.5. The molecule has 0 radical (unpaired) electrons. The van der Waals surface area contributed by atoms with Crippen molar-refractivity contribution in [1.29, 1.82) is 0 Å². The number of ether oxygens (including phenoxy) is 1. The van der Waals surface area contributed by atoms with Crippen molar-refractivity contribution in [3.05, 3.63) is 74.7 Å². The Morgan fingerprint density at radius 2 is 1.74 bits per heavy atom. The van der Waals surface area contributed by atoms with Crippen molar-refractivity contribution in [2.75, 3.05) is 0 Å². The summed E-state index contributed by atoms with van der Waals surface area (Å²) in [4.78, 5) is 55.9. The molecular formula is C28H24N2O6S2. The van der Waals surface area contributed by atoms with E-state index in [1.165, 1.54) is 18.3 Å². The van der Waals surface area contributed by atoms with Gasteiger partial charge in [-0.1, -0.05) is 41.7 Å². The highest BCUT2D eigenvalue weighted by molar-refractivity contribution is 8.00. The topological polar surface area (TPSA) is 117 Å². The third-order valence-corrected chi connectivity index (χ3v) is 11.3. The third kappa shape index (κ3) is 3.36. The highest BCUT2D eigenvalue weighted by Gasteiger charge is 2.70. The highest BCUT2D eigenvalue weighted by Crippen LogP contribution is 2.68. The highest BCUT2D eigenvalue weighted by atomic mass is 32.2. The number of carboxylic acids is 1. The number of aromatic amines is 1. The number of rotatable bonds is 5. The lowest BCUT2D eigenvalue weighted by molar-refractivity contribution is -0.154. The number of hydrogen-bond acceptors (Lipinski definition) is 7. The molecule has 3 fully saturated rings. The number of aliphatic carboxylic acids is 1. The number of amides is 2. The molecule has 10 heteroatoms. The minimum atomic E-state index is -1.18. The molecule has 194 valence electrons. The minimum absolute atomic E-state index is 0.0361. The number of thioether (sulfide) groups is 1. The van der Waals surface area contributed by atoms with Gasteiger partial charge in [0.2, 0.25) is 11.8 Å². The Kier molecular flexibility index (Phi) is 5.35. The zero-order valence-corrected chi connectivity index (χ0v) is 21.9. The van der Waals surface area contributed by atoms with Crippen molar-refractivity contribution in [2.45, 2.75) is 35.6 Å². The smallest absolute Gasteiger partial charge is 0.326 e. The fourth-order valence-corrected chi connectivity index (χ4v) is 10.2. The molecule has 38 heavy (non-hydrogen) atoms. The number of imide groups is 1. The van der Waals surface area contributed by atoms with Gasteiger partial charge in [-0.15, -0.1) is 11.8 Å². The van der Waals surface area contributed by atoms with Crippen molar-refractivity contribution < 1.29 is 24.2 Å². The Morgan fingerprint density at radius 1 is 1.03 bits per heavy atom. The zero-order valence-electron chi connectivity index (χ0n) is 20.3. The SMILES string of the molecule is C[C@H](C(=O)O)N1C(=O)[C@@H]2[C@H]3C[C@@H]([C@@H]2C1=O)[C@@H]1[C@H](c2cccc(Oc4ccccc4)c2)c2sc(=O)[nH]c2S[C@@H]31. The van der Waals surface area contributed by atoms with Gasteiger partial charge in [-0.2, -0.15) is 0 Å². The number of hydrogen-bond donors (Lipinski definition) is 2. The molecule has 3 heterocycles.